The summed E-state index contributed by atoms with van der Waals surface area (Å²) in [5.41, 5.74) is 2.31. The number of halogens is 1. The molecule has 1 atom stereocenters. The minimum atomic E-state index is -3.67. The number of rotatable bonds is 4. The van der Waals surface area contributed by atoms with Crippen LogP contribution in [0.1, 0.15) is 6.42 Å². The molecule has 3 N–H and O–H groups in total. The molecule has 9 heteroatoms. The van der Waals surface area contributed by atoms with Crippen LogP contribution >= 0.6 is 15.9 Å². The third-order valence-electron chi connectivity index (χ3n) is 3.03. The average molecular weight is 351 g/mol. The van der Waals surface area contributed by atoms with Crippen LogP contribution < -0.4 is 11.3 Å². The number of hydrogen-bond acceptors (Lipinski definition) is 6. The number of nitrogens with two attached hydrogens (primary N) is 1. The van der Waals surface area contributed by atoms with Gasteiger partial charge in [0.1, 0.15) is 4.90 Å². The quantitative estimate of drug-likeness (QED) is 0.607. The highest BCUT2D eigenvalue weighted by Crippen LogP contribution is 2.27. The first-order valence-electron chi connectivity index (χ1n) is 5.64. The average Bonchev–Trinajstić information content (AvgIpc) is 2.91. The number of ether oxygens (including phenoxy) is 1. The van der Waals surface area contributed by atoms with Crippen molar-refractivity contribution in [3.8, 4) is 0 Å². The molecule has 1 aliphatic rings. The van der Waals surface area contributed by atoms with Gasteiger partial charge in [-0.1, -0.05) is 0 Å². The van der Waals surface area contributed by atoms with E-state index >= 15 is 0 Å². The molecule has 2 heterocycles. The van der Waals surface area contributed by atoms with Gasteiger partial charge in [-0.2, -0.15) is 4.31 Å². The molecule has 1 fully saturated rings. The minimum absolute atomic E-state index is 0.0405. The van der Waals surface area contributed by atoms with Crippen LogP contribution in [-0.4, -0.2) is 44.0 Å². The largest absolute Gasteiger partial charge is 0.380 e. The van der Waals surface area contributed by atoms with E-state index in [9.17, 15) is 8.42 Å². The van der Waals surface area contributed by atoms with Crippen molar-refractivity contribution >= 4 is 31.8 Å². The van der Waals surface area contributed by atoms with Crippen LogP contribution in [0.4, 0.5) is 5.82 Å². The van der Waals surface area contributed by atoms with Gasteiger partial charge in [0.15, 0.2) is 5.82 Å². The van der Waals surface area contributed by atoms with E-state index in [2.05, 4.69) is 26.3 Å². The maximum absolute atomic E-state index is 12.6. The molecular weight excluding hydrogens is 336 g/mol. The summed E-state index contributed by atoms with van der Waals surface area (Å²) in [7, 11) is -2.13. The van der Waals surface area contributed by atoms with Crippen molar-refractivity contribution in [2.75, 3.05) is 25.7 Å². The molecule has 1 aliphatic heterocycles. The first-order valence-corrected chi connectivity index (χ1v) is 7.88. The Morgan fingerprint density at radius 3 is 2.95 bits per heavy atom. The highest BCUT2D eigenvalue weighted by Gasteiger charge is 2.32. The fourth-order valence-corrected chi connectivity index (χ4v) is 3.87. The Balaban J connectivity index is 2.40. The van der Waals surface area contributed by atoms with E-state index in [-0.39, 0.29) is 16.8 Å². The lowest BCUT2D eigenvalue weighted by atomic mass is 10.3. The summed E-state index contributed by atoms with van der Waals surface area (Å²) >= 11 is 3.21. The lowest BCUT2D eigenvalue weighted by molar-refractivity contribution is 0.181. The highest BCUT2D eigenvalue weighted by atomic mass is 79.9. The molecule has 2 rings (SSSR count). The van der Waals surface area contributed by atoms with Crippen LogP contribution in [0.15, 0.2) is 21.6 Å². The van der Waals surface area contributed by atoms with Gasteiger partial charge in [0.25, 0.3) is 0 Å². The zero-order chi connectivity index (χ0) is 14.0. The van der Waals surface area contributed by atoms with Crippen molar-refractivity contribution < 1.29 is 13.2 Å². The summed E-state index contributed by atoms with van der Waals surface area (Å²) in [6.45, 7) is 0.978. The van der Waals surface area contributed by atoms with Crippen LogP contribution in [0.3, 0.4) is 0 Å². The third kappa shape index (κ3) is 2.90. The number of anilines is 1. The summed E-state index contributed by atoms with van der Waals surface area (Å²) in [4.78, 5) is 3.99. The third-order valence-corrected chi connectivity index (χ3v) is 5.39. The molecule has 1 aromatic rings. The Bertz CT molecular complexity index is 560. The van der Waals surface area contributed by atoms with Crippen LogP contribution in [0.25, 0.3) is 0 Å². The van der Waals surface area contributed by atoms with Crippen LogP contribution in [0.2, 0.25) is 0 Å². The van der Waals surface area contributed by atoms with E-state index in [4.69, 9.17) is 10.6 Å². The van der Waals surface area contributed by atoms with Gasteiger partial charge >= 0.3 is 0 Å². The van der Waals surface area contributed by atoms with E-state index in [0.717, 1.165) is 0 Å². The second-order valence-corrected chi connectivity index (χ2v) is 7.06. The lowest BCUT2D eigenvalue weighted by Gasteiger charge is -2.23. The fraction of sp³-hybridized carbons (Fsp3) is 0.500. The molecule has 0 aliphatic carbocycles. The molecule has 0 amide bonds. The summed E-state index contributed by atoms with van der Waals surface area (Å²) in [5.74, 6) is 5.43. The van der Waals surface area contributed by atoms with Gasteiger partial charge < -0.3 is 10.2 Å². The number of nitrogens with zero attached hydrogens (tertiary/aromatic N) is 2. The Morgan fingerprint density at radius 1 is 1.63 bits per heavy atom. The molecule has 7 nitrogen and oxygen atoms in total. The number of hydrazine groups is 1. The fourth-order valence-electron chi connectivity index (χ4n) is 1.89. The normalized spacial score (nSPS) is 19.9. The Labute approximate surface area is 120 Å². The molecule has 0 saturated carbocycles. The van der Waals surface area contributed by atoms with E-state index in [1.54, 1.807) is 0 Å². The van der Waals surface area contributed by atoms with Crippen LogP contribution in [0, 0.1) is 0 Å². The summed E-state index contributed by atoms with van der Waals surface area (Å²) in [6.07, 6.45) is 2.16. The summed E-state index contributed by atoms with van der Waals surface area (Å²) < 4.78 is 32.2. The van der Waals surface area contributed by atoms with Crippen molar-refractivity contribution in [3.05, 3.63) is 16.7 Å². The molecule has 19 heavy (non-hydrogen) atoms. The Kier molecular flexibility index (Phi) is 4.41. The van der Waals surface area contributed by atoms with Crippen molar-refractivity contribution in [1.82, 2.24) is 9.29 Å². The number of nitrogen functional groups attached to an aromatic ring is 1. The van der Waals surface area contributed by atoms with Crippen LogP contribution in [0.5, 0.6) is 0 Å². The van der Waals surface area contributed by atoms with Gasteiger partial charge in [-0.05, 0) is 28.4 Å². The lowest BCUT2D eigenvalue weighted by Crippen LogP contribution is -2.37. The number of aromatic nitrogens is 1. The Morgan fingerprint density at radius 2 is 2.37 bits per heavy atom. The zero-order valence-electron chi connectivity index (χ0n) is 10.3. The highest BCUT2D eigenvalue weighted by molar-refractivity contribution is 9.10. The van der Waals surface area contributed by atoms with Crippen molar-refractivity contribution in [3.63, 3.8) is 0 Å². The van der Waals surface area contributed by atoms with Gasteiger partial charge in [0, 0.05) is 24.3 Å². The van der Waals surface area contributed by atoms with Crippen molar-refractivity contribution in [2.24, 2.45) is 5.84 Å². The van der Waals surface area contributed by atoms with Gasteiger partial charge in [-0.15, -0.1) is 0 Å². The monoisotopic (exact) mass is 350 g/mol. The molecule has 0 bridgehead atoms. The van der Waals surface area contributed by atoms with Gasteiger partial charge in [0.2, 0.25) is 10.0 Å². The second kappa shape index (κ2) is 5.71. The maximum Gasteiger partial charge on any atom is 0.246 e. The maximum atomic E-state index is 12.6. The zero-order valence-corrected chi connectivity index (χ0v) is 12.7. The molecule has 0 radical (unpaired) electrons. The minimum Gasteiger partial charge on any atom is -0.380 e. The standard InChI is InChI=1S/C10H15BrN4O3S/c1-15(8-2-3-18-6-8)19(16,17)9-4-7(11)5-13-10(9)14-12/h4-5,8H,2-3,6,12H2,1H3,(H,13,14). The number of nitrogens with one attached hydrogen (secondary N) is 1. The first kappa shape index (κ1) is 14.7. The molecule has 1 saturated heterocycles. The molecular formula is C10H15BrN4O3S. The van der Waals surface area contributed by atoms with Crippen molar-refractivity contribution in [2.45, 2.75) is 17.4 Å². The topological polar surface area (TPSA) is 97.5 Å². The van der Waals surface area contributed by atoms with E-state index in [1.165, 1.54) is 23.6 Å². The number of likely N-dealkylation sites (N-methyl/N-ethyl adjacent to an activating group) is 1. The molecule has 0 spiro atoms. The van der Waals surface area contributed by atoms with E-state index in [0.29, 0.717) is 24.1 Å². The molecule has 106 valence electrons. The predicted octanol–water partition coefficient (Wildman–Crippen LogP) is 0.539. The summed E-state index contributed by atoms with van der Waals surface area (Å²) in [5, 5.41) is 0. The predicted molar refractivity (Wildman–Crippen MR) is 73.9 cm³/mol. The SMILES string of the molecule is CN(C1CCOC1)S(=O)(=O)c1cc(Br)cnc1NN. The van der Waals surface area contributed by atoms with Crippen LogP contribution in [-0.2, 0) is 14.8 Å². The van der Waals surface area contributed by atoms with Gasteiger partial charge in [0.05, 0.1) is 12.6 Å². The molecule has 1 unspecified atom stereocenters. The van der Waals surface area contributed by atoms with Crippen molar-refractivity contribution in [1.29, 1.82) is 0 Å². The number of hydrogen-bond donors (Lipinski definition) is 2. The number of pyridine rings is 1. The second-order valence-electron chi connectivity index (χ2n) is 4.18. The van der Waals surface area contributed by atoms with E-state index < -0.39 is 10.0 Å². The molecule has 1 aromatic heterocycles. The van der Waals surface area contributed by atoms with Gasteiger partial charge in [-0.3, -0.25) is 0 Å². The summed E-state index contributed by atoms with van der Waals surface area (Å²) in [6, 6.07) is 1.32. The smallest absolute Gasteiger partial charge is 0.246 e. The molecule has 0 aromatic carbocycles. The first-order chi connectivity index (χ1) is 8.96. The van der Waals surface area contributed by atoms with E-state index in [1.807, 2.05) is 0 Å². The van der Waals surface area contributed by atoms with Gasteiger partial charge in [-0.25, -0.2) is 19.2 Å². The number of sulfonamides is 1. The Hall–Kier alpha value is -0.740.